The van der Waals surface area contributed by atoms with E-state index < -0.39 is 9.84 Å². The van der Waals surface area contributed by atoms with Crippen LogP contribution >= 0.6 is 11.3 Å². The van der Waals surface area contributed by atoms with Crippen molar-refractivity contribution in [2.24, 2.45) is 0 Å². The number of fused-ring (bicyclic) bond motifs is 1. The highest BCUT2D eigenvalue weighted by Crippen LogP contribution is 2.29. The van der Waals surface area contributed by atoms with Crippen LogP contribution in [0, 0.1) is 6.92 Å². The van der Waals surface area contributed by atoms with Gasteiger partial charge in [0.1, 0.15) is 11.6 Å². The average Bonchev–Trinajstić information content (AvgIpc) is 3.36. The Morgan fingerprint density at radius 3 is 2.59 bits per heavy atom. The summed E-state index contributed by atoms with van der Waals surface area (Å²) < 4.78 is 31.8. The number of carbonyl (C=O) groups excluding carboxylic acids is 1. The Morgan fingerprint density at radius 1 is 1.16 bits per heavy atom. The zero-order valence-corrected chi connectivity index (χ0v) is 19.5. The third-order valence-corrected chi connectivity index (χ3v) is 7.65. The van der Waals surface area contributed by atoms with Crippen LogP contribution in [0.15, 0.2) is 53.4 Å². The lowest BCUT2D eigenvalue weighted by molar-refractivity contribution is -0.115. The molecule has 0 bridgehead atoms. The predicted octanol–water partition coefficient (Wildman–Crippen LogP) is 3.77. The van der Waals surface area contributed by atoms with Gasteiger partial charge >= 0.3 is 0 Å². The fourth-order valence-corrected chi connectivity index (χ4v) is 5.00. The number of hydrogen-bond donors (Lipinski definition) is 1. The largest absolute Gasteiger partial charge is 0.497 e. The van der Waals surface area contributed by atoms with Crippen molar-refractivity contribution in [1.82, 2.24) is 14.8 Å². The molecule has 0 saturated carbocycles. The number of anilines is 1. The van der Waals surface area contributed by atoms with Crippen molar-refractivity contribution in [3.05, 3.63) is 59.8 Å². The van der Waals surface area contributed by atoms with Crippen LogP contribution in [-0.2, 0) is 21.1 Å². The molecule has 10 heteroatoms. The Hall–Kier alpha value is -3.24. The molecule has 0 unspecified atom stereocenters. The number of hydrogen-bond acceptors (Lipinski definition) is 7. The van der Waals surface area contributed by atoms with Gasteiger partial charge < -0.3 is 10.1 Å². The smallest absolute Gasteiger partial charge is 0.229 e. The van der Waals surface area contributed by atoms with E-state index in [1.54, 1.807) is 36.9 Å². The maximum Gasteiger partial charge on any atom is 0.229 e. The van der Waals surface area contributed by atoms with E-state index in [1.807, 2.05) is 25.1 Å². The highest BCUT2D eigenvalue weighted by Gasteiger charge is 2.16. The summed E-state index contributed by atoms with van der Waals surface area (Å²) in [4.78, 5) is 17.5. The summed E-state index contributed by atoms with van der Waals surface area (Å²) in [5.74, 6) is 1.04. The molecular formula is C22H22N4O4S2. The van der Waals surface area contributed by atoms with E-state index in [-0.39, 0.29) is 23.0 Å². The number of nitrogens with one attached hydrogen (secondary N) is 1. The molecule has 0 fully saturated rings. The zero-order chi connectivity index (χ0) is 22.9. The average molecular weight is 471 g/mol. The van der Waals surface area contributed by atoms with Crippen LogP contribution in [0.3, 0.4) is 0 Å². The van der Waals surface area contributed by atoms with E-state index in [4.69, 9.17) is 4.74 Å². The van der Waals surface area contributed by atoms with Gasteiger partial charge in [0.05, 0.1) is 40.1 Å². The monoisotopic (exact) mass is 470 g/mol. The molecule has 2 aromatic carbocycles. The molecule has 1 amide bonds. The first-order valence-corrected chi connectivity index (χ1v) is 12.4. The molecule has 0 atom stereocenters. The van der Waals surface area contributed by atoms with Crippen LogP contribution in [0.2, 0.25) is 0 Å². The summed E-state index contributed by atoms with van der Waals surface area (Å²) in [6, 6.07) is 13.8. The highest BCUT2D eigenvalue weighted by atomic mass is 32.2. The summed E-state index contributed by atoms with van der Waals surface area (Å²) in [5, 5.41) is 8.00. The Labute approximate surface area is 189 Å². The molecule has 4 rings (SSSR count). The van der Waals surface area contributed by atoms with Crippen LogP contribution in [-0.4, -0.2) is 42.0 Å². The normalized spacial score (nSPS) is 11.6. The molecule has 4 aromatic rings. The van der Waals surface area contributed by atoms with E-state index in [0.29, 0.717) is 16.5 Å². The van der Waals surface area contributed by atoms with Crippen LogP contribution in [0.4, 0.5) is 5.82 Å². The summed E-state index contributed by atoms with van der Waals surface area (Å²) in [5.41, 5.74) is 2.25. The molecule has 0 spiro atoms. The second-order valence-electron chi connectivity index (χ2n) is 7.19. The molecule has 1 N–H and O–H groups in total. The minimum absolute atomic E-state index is 0.0364. The van der Waals surface area contributed by atoms with Gasteiger partial charge in [0.2, 0.25) is 11.0 Å². The van der Waals surface area contributed by atoms with Crippen molar-refractivity contribution < 1.29 is 17.9 Å². The minimum Gasteiger partial charge on any atom is -0.497 e. The molecule has 32 heavy (non-hydrogen) atoms. The number of thiazole rings is 1. The Bertz CT molecular complexity index is 1390. The molecule has 0 aliphatic rings. The highest BCUT2D eigenvalue weighted by molar-refractivity contribution is 7.91. The Morgan fingerprint density at radius 2 is 1.91 bits per heavy atom. The van der Waals surface area contributed by atoms with Crippen molar-refractivity contribution in [2.75, 3.05) is 18.2 Å². The standard InChI is InChI=1S/C22H22N4O4S2/c1-4-32(28,29)17-8-5-15(6-9-17)12-21(27)24-20-11-14(2)25-26(20)22-23-18-13-16(30-3)7-10-19(18)31-22/h5-11,13H,4,12H2,1-3H3,(H,24,27). The maximum absolute atomic E-state index is 12.7. The molecule has 0 aliphatic carbocycles. The van der Waals surface area contributed by atoms with Gasteiger partial charge in [0.15, 0.2) is 9.84 Å². The van der Waals surface area contributed by atoms with E-state index in [9.17, 15) is 13.2 Å². The lowest BCUT2D eigenvalue weighted by atomic mass is 10.1. The number of aromatic nitrogens is 3. The Kier molecular flexibility index (Phi) is 5.98. The second kappa shape index (κ2) is 8.71. The number of nitrogens with zero attached hydrogens (tertiary/aromatic N) is 3. The summed E-state index contributed by atoms with van der Waals surface area (Å²) in [6.07, 6.45) is 0.105. The van der Waals surface area contributed by atoms with Crippen LogP contribution in [0.5, 0.6) is 5.75 Å². The number of aryl methyl sites for hydroxylation is 1. The van der Waals surface area contributed by atoms with E-state index in [0.717, 1.165) is 21.7 Å². The lowest BCUT2D eigenvalue weighted by Gasteiger charge is -2.07. The van der Waals surface area contributed by atoms with Gasteiger partial charge in [0.25, 0.3) is 0 Å². The Balaban J connectivity index is 1.54. The number of sulfone groups is 1. The van der Waals surface area contributed by atoms with Crippen LogP contribution < -0.4 is 10.1 Å². The SMILES string of the molecule is CCS(=O)(=O)c1ccc(CC(=O)Nc2cc(C)nn2-c2nc3cc(OC)ccc3s2)cc1. The minimum atomic E-state index is -3.27. The molecule has 2 heterocycles. The van der Waals surface area contributed by atoms with Gasteiger partial charge in [-0.2, -0.15) is 9.78 Å². The summed E-state index contributed by atoms with van der Waals surface area (Å²) in [6.45, 7) is 3.44. The number of amides is 1. The predicted molar refractivity (Wildman–Crippen MR) is 125 cm³/mol. The van der Waals surface area contributed by atoms with E-state index >= 15 is 0 Å². The third-order valence-electron chi connectivity index (χ3n) is 4.89. The van der Waals surface area contributed by atoms with E-state index in [1.165, 1.54) is 23.5 Å². The van der Waals surface area contributed by atoms with Crippen molar-refractivity contribution in [3.8, 4) is 10.9 Å². The number of carbonyl (C=O) groups is 1. The number of ether oxygens (including phenoxy) is 1. The third kappa shape index (κ3) is 4.51. The molecule has 2 aromatic heterocycles. The molecule has 0 aliphatic heterocycles. The van der Waals surface area contributed by atoms with Gasteiger partial charge in [-0.3, -0.25) is 4.79 Å². The fraction of sp³-hybridized carbons (Fsp3) is 0.227. The molecule has 0 radical (unpaired) electrons. The number of methoxy groups -OCH3 is 1. The topological polar surface area (TPSA) is 103 Å². The lowest BCUT2D eigenvalue weighted by Crippen LogP contribution is -2.17. The van der Waals surface area contributed by atoms with Crippen molar-refractivity contribution in [3.63, 3.8) is 0 Å². The van der Waals surface area contributed by atoms with Crippen molar-refractivity contribution in [1.29, 1.82) is 0 Å². The summed E-state index contributed by atoms with van der Waals surface area (Å²) in [7, 11) is -1.66. The second-order valence-corrected chi connectivity index (χ2v) is 10.5. The van der Waals surface area contributed by atoms with Crippen LogP contribution in [0.1, 0.15) is 18.2 Å². The van der Waals surface area contributed by atoms with Gasteiger partial charge in [-0.15, -0.1) is 0 Å². The maximum atomic E-state index is 12.7. The number of benzene rings is 2. The first-order chi connectivity index (χ1) is 15.3. The molecule has 166 valence electrons. The zero-order valence-electron chi connectivity index (χ0n) is 17.8. The van der Waals surface area contributed by atoms with Crippen molar-refractivity contribution in [2.45, 2.75) is 25.2 Å². The quantitative estimate of drug-likeness (QED) is 0.441. The molecular weight excluding hydrogens is 448 g/mol. The molecule has 0 saturated heterocycles. The number of rotatable bonds is 7. The van der Waals surface area contributed by atoms with Gasteiger partial charge in [0, 0.05) is 12.1 Å². The van der Waals surface area contributed by atoms with Gasteiger partial charge in [-0.25, -0.2) is 13.4 Å². The summed E-state index contributed by atoms with van der Waals surface area (Å²) >= 11 is 1.46. The van der Waals surface area contributed by atoms with E-state index in [2.05, 4.69) is 15.4 Å². The fourth-order valence-electron chi connectivity index (χ4n) is 3.20. The molecule has 8 nitrogen and oxygen atoms in total. The first-order valence-electron chi connectivity index (χ1n) is 9.92. The van der Waals surface area contributed by atoms with Gasteiger partial charge in [-0.1, -0.05) is 30.4 Å². The van der Waals surface area contributed by atoms with Crippen LogP contribution in [0.25, 0.3) is 15.3 Å². The van der Waals surface area contributed by atoms with Crippen molar-refractivity contribution >= 4 is 43.1 Å². The van der Waals surface area contributed by atoms with Gasteiger partial charge in [-0.05, 0) is 36.8 Å². The first kappa shape index (κ1) is 22.0.